The Kier molecular flexibility index (Phi) is 5.62. The molecule has 0 radical (unpaired) electrons. The van der Waals surface area contributed by atoms with Crippen molar-refractivity contribution in [3.63, 3.8) is 0 Å². The van der Waals surface area contributed by atoms with Crippen molar-refractivity contribution in [2.75, 3.05) is 24.8 Å². The zero-order valence-electron chi connectivity index (χ0n) is 18.1. The second kappa shape index (κ2) is 8.86. The zero-order chi connectivity index (χ0) is 21.9. The number of hydrogen-bond acceptors (Lipinski definition) is 6. The summed E-state index contributed by atoms with van der Waals surface area (Å²) in [6, 6.07) is 18.0. The zero-order valence-corrected chi connectivity index (χ0v) is 18.1. The number of fused-ring (bicyclic) bond motifs is 1. The fourth-order valence-electron chi connectivity index (χ4n) is 4.16. The van der Waals surface area contributed by atoms with Crippen LogP contribution in [0.3, 0.4) is 0 Å². The van der Waals surface area contributed by atoms with Crippen molar-refractivity contribution in [2.24, 2.45) is 5.92 Å². The summed E-state index contributed by atoms with van der Waals surface area (Å²) >= 11 is 0. The molecule has 7 nitrogen and oxygen atoms in total. The van der Waals surface area contributed by atoms with Gasteiger partial charge in [-0.2, -0.15) is 0 Å². The summed E-state index contributed by atoms with van der Waals surface area (Å²) in [6.45, 7) is 4.31. The minimum absolute atomic E-state index is 0.0663. The number of aromatic nitrogens is 2. The summed E-state index contributed by atoms with van der Waals surface area (Å²) in [4.78, 5) is 15.0. The van der Waals surface area contributed by atoms with Gasteiger partial charge in [0.25, 0.3) is 0 Å². The molecular weight excluding hydrogens is 404 g/mol. The molecule has 5 rings (SSSR count). The van der Waals surface area contributed by atoms with Crippen molar-refractivity contribution < 1.29 is 14.3 Å². The van der Waals surface area contributed by atoms with Gasteiger partial charge in [0.15, 0.2) is 17.3 Å². The maximum absolute atomic E-state index is 12.8. The molecular formula is C25H26N4O3. The molecule has 1 unspecified atom stereocenters. The van der Waals surface area contributed by atoms with Crippen LogP contribution >= 0.6 is 0 Å². The van der Waals surface area contributed by atoms with Crippen LogP contribution in [0.4, 0.5) is 5.82 Å². The van der Waals surface area contributed by atoms with Gasteiger partial charge in [-0.05, 0) is 49.6 Å². The summed E-state index contributed by atoms with van der Waals surface area (Å²) in [5, 5.41) is 11.9. The largest absolute Gasteiger partial charge is 0.454 e. The van der Waals surface area contributed by atoms with E-state index in [4.69, 9.17) is 9.47 Å². The Morgan fingerprint density at radius 1 is 1.06 bits per heavy atom. The Labute approximate surface area is 187 Å². The lowest BCUT2D eigenvalue weighted by molar-refractivity contribution is -0.125. The molecule has 0 aliphatic carbocycles. The first-order valence-corrected chi connectivity index (χ1v) is 11.0. The fraction of sp³-hybridized carbons (Fsp3) is 0.320. The van der Waals surface area contributed by atoms with Crippen LogP contribution in [-0.4, -0.2) is 36.0 Å². The smallest absolute Gasteiger partial charge is 0.231 e. The molecule has 1 N–H and O–H groups in total. The van der Waals surface area contributed by atoms with Gasteiger partial charge in [-0.3, -0.25) is 4.79 Å². The molecule has 164 valence electrons. The average molecular weight is 431 g/mol. The van der Waals surface area contributed by atoms with E-state index in [1.165, 1.54) is 5.56 Å². The van der Waals surface area contributed by atoms with E-state index in [-0.39, 0.29) is 18.6 Å². The van der Waals surface area contributed by atoms with E-state index < -0.39 is 0 Å². The van der Waals surface area contributed by atoms with E-state index in [1.807, 2.05) is 30.3 Å². The van der Waals surface area contributed by atoms with E-state index in [0.29, 0.717) is 13.1 Å². The summed E-state index contributed by atoms with van der Waals surface area (Å²) < 4.78 is 10.8. The number of rotatable bonds is 5. The summed E-state index contributed by atoms with van der Waals surface area (Å²) in [5.74, 6) is 2.29. The molecule has 1 fully saturated rings. The highest BCUT2D eigenvalue weighted by atomic mass is 16.7. The van der Waals surface area contributed by atoms with E-state index in [9.17, 15) is 4.79 Å². The van der Waals surface area contributed by atoms with Crippen LogP contribution in [-0.2, 0) is 11.3 Å². The first-order chi connectivity index (χ1) is 15.7. The summed E-state index contributed by atoms with van der Waals surface area (Å²) in [7, 11) is 0. The molecule has 1 aromatic heterocycles. The van der Waals surface area contributed by atoms with Crippen LogP contribution in [0.1, 0.15) is 24.0 Å². The molecule has 2 aromatic carbocycles. The van der Waals surface area contributed by atoms with Gasteiger partial charge < -0.3 is 19.7 Å². The minimum atomic E-state index is -0.0728. The lowest BCUT2D eigenvalue weighted by Crippen LogP contribution is -2.43. The van der Waals surface area contributed by atoms with Gasteiger partial charge in [0, 0.05) is 25.2 Å². The SMILES string of the molecule is Cc1ccc(-c2ccc(N3CCCC(C(=O)NCc4ccc5c(c4)OCO5)C3)nn2)cc1. The Hall–Kier alpha value is -3.61. The van der Waals surface area contributed by atoms with Crippen molar-refractivity contribution in [1.29, 1.82) is 0 Å². The number of hydrogen-bond donors (Lipinski definition) is 1. The number of nitrogens with one attached hydrogen (secondary N) is 1. The van der Waals surface area contributed by atoms with Gasteiger partial charge in [0.05, 0.1) is 11.6 Å². The topological polar surface area (TPSA) is 76.6 Å². The molecule has 3 heterocycles. The average Bonchev–Trinajstić information content (AvgIpc) is 3.31. The van der Waals surface area contributed by atoms with Crippen molar-refractivity contribution in [3.05, 3.63) is 65.7 Å². The van der Waals surface area contributed by atoms with Crippen LogP contribution in [0.5, 0.6) is 11.5 Å². The number of nitrogens with zero attached hydrogens (tertiary/aromatic N) is 3. The van der Waals surface area contributed by atoms with Crippen LogP contribution < -0.4 is 19.7 Å². The van der Waals surface area contributed by atoms with Gasteiger partial charge >= 0.3 is 0 Å². The number of carbonyl (C=O) groups is 1. The molecule has 1 atom stereocenters. The quantitative estimate of drug-likeness (QED) is 0.665. The Balaban J connectivity index is 1.19. The van der Waals surface area contributed by atoms with E-state index >= 15 is 0 Å². The molecule has 0 spiro atoms. The highest BCUT2D eigenvalue weighted by molar-refractivity contribution is 5.79. The molecule has 1 saturated heterocycles. The van der Waals surface area contributed by atoms with Crippen LogP contribution in [0.2, 0.25) is 0 Å². The third-order valence-electron chi connectivity index (χ3n) is 6.02. The van der Waals surface area contributed by atoms with Crippen molar-refractivity contribution >= 4 is 11.7 Å². The number of anilines is 1. The Bertz CT molecular complexity index is 1100. The fourth-order valence-corrected chi connectivity index (χ4v) is 4.16. The molecule has 0 bridgehead atoms. The molecule has 2 aliphatic heterocycles. The van der Waals surface area contributed by atoms with Gasteiger partial charge in [-0.25, -0.2) is 0 Å². The molecule has 7 heteroatoms. The first kappa shape index (κ1) is 20.3. The molecule has 32 heavy (non-hydrogen) atoms. The predicted molar refractivity (Wildman–Crippen MR) is 122 cm³/mol. The molecule has 3 aromatic rings. The van der Waals surface area contributed by atoms with Gasteiger partial charge in [-0.1, -0.05) is 35.9 Å². The van der Waals surface area contributed by atoms with Crippen LogP contribution in [0.15, 0.2) is 54.6 Å². The van der Waals surface area contributed by atoms with Gasteiger partial charge in [0.1, 0.15) is 0 Å². The second-order valence-corrected chi connectivity index (χ2v) is 8.33. The Morgan fingerprint density at radius 2 is 1.91 bits per heavy atom. The first-order valence-electron chi connectivity index (χ1n) is 11.0. The van der Waals surface area contributed by atoms with Crippen molar-refractivity contribution in [3.8, 4) is 22.8 Å². The van der Waals surface area contributed by atoms with E-state index in [0.717, 1.165) is 53.5 Å². The number of piperidine rings is 1. The number of amides is 1. The third kappa shape index (κ3) is 4.37. The number of ether oxygens (including phenoxy) is 2. The highest BCUT2D eigenvalue weighted by Gasteiger charge is 2.26. The number of benzene rings is 2. The molecule has 2 aliphatic rings. The van der Waals surface area contributed by atoms with Gasteiger partial charge in [-0.15, -0.1) is 10.2 Å². The molecule has 0 saturated carbocycles. The van der Waals surface area contributed by atoms with Gasteiger partial charge in [0.2, 0.25) is 12.7 Å². The summed E-state index contributed by atoms with van der Waals surface area (Å²) in [5.41, 5.74) is 4.11. The Morgan fingerprint density at radius 3 is 2.72 bits per heavy atom. The highest BCUT2D eigenvalue weighted by Crippen LogP contribution is 2.32. The lowest BCUT2D eigenvalue weighted by atomic mass is 9.97. The van der Waals surface area contributed by atoms with Crippen molar-refractivity contribution in [2.45, 2.75) is 26.3 Å². The number of aryl methyl sites for hydroxylation is 1. The van der Waals surface area contributed by atoms with Crippen LogP contribution in [0.25, 0.3) is 11.3 Å². The predicted octanol–water partition coefficient (Wildman–Crippen LogP) is 3.71. The minimum Gasteiger partial charge on any atom is -0.454 e. The normalized spacial score (nSPS) is 17.3. The van der Waals surface area contributed by atoms with Crippen LogP contribution in [0, 0.1) is 12.8 Å². The maximum Gasteiger partial charge on any atom is 0.231 e. The molecule has 1 amide bonds. The van der Waals surface area contributed by atoms with Crippen molar-refractivity contribution in [1.82, 2.24) is 15.5 Å². The maximum atomic E-state index is 12.8. The standard InChI is InChI=1S/C25H26N4O3/c1-17-4-7-19(8-5-17)21-9-11-24(28-27-21)29-12-2-3-20(15-29)25(30)26-14-18-6-10-22-23(13-18)32-16-31-22/h4-11,13,20H,2-3,12,14-16H2,1H3,(H,26,30). The third-order valence-corrected chi connectivity index (χ3v) is 6.02. The second-order valence-electron chi connectivity index (χ2n) is 8.33. The van der Waals surface area contributed by atoms with E-state index in [1.54, 1.807) is 0 Å². The number of carbonyl (C=O) groups excluding carboxylic acids is 1. The lowest BCUT2D eigenvalue weighted by Gasteiger charge is -2.32. The monoisotopic (exact) mass is 430 g/mol. The summed E-state index contributed by atoms with van der Waals surface area (Å²) in [6.07, 6.45) is 1.82. The van der Waals surface area contributed by atoms with E-state index in [2.05, 4.69) is 51.6 Å².